The third-order valence-corrected chi connectivity index (χ3v) is 3.89. The van der Waals surface area contributed by atoms with Crippen molar-refractivity contribution in [2.24, 2.45) is 0 Å². The van der Waals surface area contributed by atoms with Crippen molar-refractivity contribution in [2.75, 3.05) is 7.11 Å². The van der Waals surface area contributed by atoms with Gasteiger partial charge in [-0.25, -0.2) is 8.78 Å². The van der Waals surface area contributed by atoms with Gasteiger partial charge in [0.1, 0.15) is 17.2 Å². The average molecular weight is 268 g/mol. The summed E-state index contributed by atoms with van der Waals surface area (Å²) in [7, 11) is 1.47. The number of ketones is 1. The molecule has 1 aliphatic rings. The van der Waals surface area contributed by atoms with Crippen molar-refractivity contribution in [1.29, 1.82) is 0 Å². The largest absolute Gasteiger partial charge is 0.370 e. The van der Waals surface area contributed by atoms with E-state index in [-0.39, 0.29) is 5.56 Å². The molecule has 0 radical (unpaired) electrons. The van der Waals surface area contributed by atoms with Gasteiger partial charge in [-0.15, -0.1) is 0 Å². The van der Waals surface area contributed by atoms with Crippen molar-refractivity contribution in [1.82, 2.24) is 0 Å². The fraction of sp³-hybridized carbons (Fsp3) is 0.533. The first-order chi connectivity index (χ1) is 9.09. The minimum atomic E-state index is -0.995. The van der Waals surface area contributed by atoms with Crippen LogP contribution in [0.2, 0.25) is 0 Å². The summed E-state index contributed by atoms with van der Waals surface area (Å²) in [5.41, 5.74) is -1.20. The molecule has 0 heterocycles. The highest BCUT2D eigenvalue weighted by Crippen LogP contribution is 2.33. The number of hydrogen-bond donors (Lipinski definition) is 0. The van der Waals surface area contributed by atoms with E-state index < -0.39 is 23.0 Å². The first kappa shape index (κ1) is 14.1. The van der Waals surface area contributed by atoms with E-state index in [4.69, 9.17) is 4.74 Å². The van der Waals surface area contributed by atoms with Crippen molar-refractivity contribution in [3.63, 3.8) is 0 Å². The van der Waals surface area contributed by atoms with Crippen LogP contribution in [0.15, 0.2) is 18.2 Å². The Kier molecular flexibility index (Phi) is 4.30. The summed E-state index contributed by atoms with van der Waals surface area (Å²) in [6.07, 6.45) is 4.97. The first-order valence-electron chi connectivity index (χ1n) is 6.64. The highest BCUT2D eigenvalue weighted by Gasteiger charge is 2.40. The van der Waals surface area contributed by atoms with Gasteiger partial charge < -0.3 is 4.74 Å². The van der Waals surface area contributed by atoms with Gasteiger partial charge in [0.2, 0.25) is 0 Å². The predicted octanol–water partition coefficient (Wildman–Crippen LogP) is 3.89. The van der Waals surface area contributed by atoms with E-state index in [1.165, 1.54) is 7.11 Å². The van der Waals surface area contributed by atoms with Crippen molar-refractivity contribution < 1.29 is 18.3 Å². The Bertz CT molecular complexity index is 463. The fourth-order valence-corrected chi connectivity index (χ4v) is 2.74. The summed E-state index contributed by atoms with van der Waals surface area (Å²) in [4.78, 5) is 12.5. The molecule has 1 aliphatic carbocycles. The molecule has 0 amide bonds. The molecule has 1 aromatic rings. The van der Waals surface area contributed by atoms with Crippen LogP contribution in [0.25, 0.3) is 0 Å². The molecule has 0 atom stereocenters. The normalized spacial score (nSPS) is 18.9. The van der Waals surface area contributed by atoms with Crippen LogP contribution in [0.1, 0.15) is 48.9 Å². The van der Waals surface area contributed by atoms with E-state index in [2.05, 4.69) is 0 Å². The first-order valence-corrected chi connectivity index (χ1v) is 6.64. The molecule has 0 aliphatic heterocycles. The van der Waals surface area contributed by atoms with Crippen LogP contribution >= 0.6 is 0 Å². The third-order valence-electron chi connectivity index (χ3n) is 3.89. The molecule has 104 valence electrons. The Balaban J connectivity index is 2.36. The molecule has 1 fully saturated rings. The van der Waals surface area contributed by atoms with E-state index >= 15 is 0 Å². The number of hydrogen-bond acceptors (Lipinski definition) is 2. The maximum atomic E-state index is 13.7. The van der Waals surface area contributed by atoms with Crippen LogP contribution in [0.3, 0.4) is 0 Å². The molecule has 4 heteroatoms. The highest BCUT2D eigenvalue weighted by molar-refractivity contribution is 6.02. The number of benzene rings is 1. The van der Waals surface area contributed by atoms with Gasteiger partial charge in [0.25, 0.3) is 0 Å². The number of Topliss-reactive ketones (excluding diaryl/α,β-unsaturated/α-hetero) is 1. The monoisotopic (exact) mass is 268 g/mol. The molecule has 2 rings (SSSR count). The van der Waals surface area contributed by atoms with Gasteiger partial charge in [-0.3, -0.25) is 4.79 Å². The molecule has 0 spiro atoms. The van der Waals surface area contributed by atoms with Crippen LogP contribution in [-0.2, 0) is 4.74 Å². The quantitative estimate of drug-likeness (QED) is 0.614. The van der Waals surface area contributed by atoms with Crippen molar-refractivity contribution in [3.8, 4) is 0 Å². The summed E-state index contributed by atoms with van der Waals surface area (Å²) in [6.45, 7) is 0. The lowest BCUT2D eigenvalue weighted by Crippen LogP contribution is -2.40. The third kappa shape index (κ3) is 2.84. The average Bonchev–Trinajstić information content (AvgIpc) is 2.67. The maximum absolute atomic E-state index is 13.7. The number of halogens is 2. The minimum absolute atomic E-state index is 0.205. The van der Waals surface area contributed by atoms with Gasteiger partial charge in [-0.1, -0.05) is 25.7 Å². The lowest BCUT2D eigenvalue weighted by Gasteiger charge is -2.29. The summed E-state index contributed by atoms with van der Waals surface area (Å²) < 4.78 is 32.4. The number of carbonyl (C=O) groups excluding carboxylic acids is 1. The smallest absolute Gasteiger partial charge is 0.197 e. The molecular formula is C15H18F2O2. The van der Waals surface area contributed by atoms with Crippen LogP contribution < -0.4 is 0 Å². The molecule has 0 bridgehead atoms. The number of carbonyl (C=O) groups is 1. The topological polar surface area (TPSA) is 26.3 Å². The van der Waals surface area contributed by atoms with Crippen LogP contribution in [0.4, 0.5) is 8.78 Å². The molecule has 1 aromatic carbocycles. The molecule has 0 aromatic heterocycles. The van der Waals surface area contributed by atoms with E-state index in [9.17, 15) is 13.6 Å². The van der Waals surface area contributed by atoms with Crippen molar-refractivity contribution >= 4 is 5.78 Å². The van der Waals surface area contributed by atoms with Gasteiger partial charge >= 0.3 is 0 Å². The zero-order valence-corrected chi connectivity index (χ0v) is 11.0. The van der Waals surface area contributed by atoms with Gasteiger partial charge in [0.05, 0.1) is 5.56 Å². The molecule has 2 nitrogen and oxygen atoms in total. The summed E-state index contributed by atoms with van der Waals surface area (Å²) in [5, 5.41) is 0. The van der Waals surface area contributed by atoms with Crippen molar-refractivity contribution in [3.05, 3.63) is 35.4 Å². The summed E-state index contributed by atoms with van der Waals surface area (Å²) in [6, 6.07) is 2.96. The number of rotatable bonds is 3. The van der Waals surface area contributed by atoms with Crippen LogP contribution in [0, 0.1) is 11.6 Å². The van der Waals surface area contributed by atoms with Crippen LogP contribution in [-0.4, -0.2) is 18.5 Å². The molecule has 1 saturated carbocycles. The van der Waals surface area contributed by atoms with Crippen molar-refractivity contribution in [2.45, 2.75) is 44.1 Å². The SMILES string of the molecule is COC1(C(=O)c2cc(F)ccc2F)CCCCCC1. The van der Waals surface area contributed by atoms with Gasteiger partial charge in [-0.2, -0.15) is 0 Å². The molecule has 19 heavy (non-hydrogen) atoms. The zero-order chi connectivity index (χ0) is 13.9. The Hall–Kier alpha value is -1.29. The van der Waals surface area contributed by atoms with Gasteiger partial charge in [-0.05, 0) is 31.0 Å². The Labute approximate surface area is 111 Å². The standard InChI is InChI=1S/C15H18F2O2/c1-19-15(8-4-2-3-5-9-15)14(18)12-10-11(16)6-7-13(12)17/h6-7,10H,2-5,8-9H2,1H3. The number of methoxy groups -OCH3 is 1. The Morgan fingerprint density at radius 2 is 1.79 bits per heavy atom. The van der Waals surface area contributed by atoms with E-state index in [0.29, 0.717) is 12.8 Å². The Morgan fingerprint density at radius 3 is 2.37 bits per heavy atom. The van der Waals surface area contributed by atoms with E-state index in [0.717, 1.165) is 43.9 Å². The second-order valence-corrected chi connectivity index (χ2v) is 5.07. The maximum Gasteiger partial charge on any atom is 0.197 e. The zero-order valence-electron chi connectivity index (χ0n) is 11.0. The number of ether oxygens (including phenoxy) is 1. The highest BCUT2D eigenvalue weighted by atomic mass is 19.1. The Morgan fingerprint density at radius 1 is 1.16 bits per heavy atom. The lowest BCUT2D eigenvalue weighted by molar-refractivity contribution is -0.00725. The second kappa shape index (κ2) is 5.78. The predicted molar refractivity (Wildman–Crippen MR) is 68.1 cm³/mol. The molecule has 0 saturated heterocycles. The second-order valence-electron chi connectivity index (χ2n) is 5.07. The fourth-order valence-electron chi connectivity index (χ4n) is 2.74. The minimum Gasteiger partial charge on any atom is -0.370 e. The van der Waals surface area contributed by atoms with E-state index in [1.54, 1.807) is 0 Å². The van der Waals surface area contributed by atoms with Crippen LogP contribution in [0.5, 0.6) is 0 Å². The molecule has 0 N–H and O–H groups in total. The van der Waals surface area contributed by atoms with E-state index in [1.807, 2.05) is 0 Å². The summed E-state index contributed by atoms with van der Waals surface area (Å²) >= 11 is 0. The molecular weight excluding hydrogens is 250 g/mol. The lowest BCUT2D eigenvalue weighted by atomic mass is 9.85. The molecule has 0 unspecified atom stereocenters. The van der Waals surface area contributed by atoms with Gasteiger partial charge in [0, 0.05) is 7.11 Å². The van der Waals surface area contributed by atoms with Gasteiger partial charge in [0.15, 0.2) is 5.78 Å². The summed E-state index contributed by atoms with van der Waals surface area (Å²) in [5.74, 6) is -1.73.